The van der Waals surface area contributed by atoms with Crippen LogP contribution in [0.25, 0.3) is 0 Å². The van der Waals surface area contributed by atoms with E-state index in [9.17, 15) is 0 Å². The Hall–Kier alpha value is -0.700. The molecule has 0 amide bonds. The van der Waals surface area contributed by atoms with Crippen molar-refractivity contribution >= 4 is 12.1 Å². The van der Waals surface area contributed by atoms with Crippen LogP contribution in [0.15, 0.2) is 10.2 Å². The first-order valence-electron chi connectivity index (χ1n) is 3.58. The van der Waals surface area contributed by atoms with Crippen LogP contribution >= 0.6 is 0 Å². The molecule has 0 aromatic heterocycles. The summed E-state index contributed by atoms with van der Waals surface area (Å²) in [5.74, 6) is 1.16. The Balaban J connectivity index is 2.65. The maximum absolute atomic E-state index is 4.04. The Labute approximate surface area is 61.7 Å². The summed E-state index contributed by atoms with van der Waals surface area (Å²) in [5, 5.41) is 7.86. The van der Waals surface area contributed by atoms with Crippen LogP contribution < -0.4 is 0 Å². The molecular weight excluding hydrogens is 126 g/mol. The maximum atomic E-state index is 4.04. The van der Waals surface area contributed by atoms with E-state index in [2.05, 4.69) is 31.2 Å². The molecule has 0 aliphatic carbocycles. The largest absolute Gasteiger partial charge is 0.282 e. The summed E-state index contributed by atoms with van der Waals surface area (Å²) >= 11 is 0. The molecule has 56 valence electrons. The fraction of sp³-hybridized carbons (Fsp3) is 0.714. The minimum absolute atomic E-state index is 0.861. The highest BCUT2D eigenvalue weighted by Gasteiger charge is 2.22. The zero-order chi connectivity index (χ0) is 7.61. The van der Waals surface area contributed by atoms with Gasteiger partial charge in [0, 0.05) is 6.21 Å². The van der Waals surface area contributed by atoms with Gasteiger partial charge < -0.3 is 0 Å². The summed E-state index contributed by atoms with van der Waals surface area (Å²) < 4.78 is 0.861. The van der Waals surface area contributed by atoms with E-state index in [0.29, 0.717) is 0 Å². The van der Waals surface area contributed by atoms with Gasteiger partial charge in [0.1, 0.15) is 0 Å². The van der Waals surface area contributed by atoms with Crippen LogP contribution in [-0.2, 0) is 0 Å². The Bertz CT molecular complexity index is 179. The third-order valence-corrected chi connectivity index (χ3v) is 2.02. The third kappa shape index (κ3) is 1.24. The third-order valence-electron chi connectivity index (χ3n) is 2.02. The first kappa shape index (κ1) is 7.41. The molecule has 10 heavy (non-hydrogen) atoms. The standard InChI is InChI=1S/C7H14N3/c1-4-10(2,3)7-5-6-8-9-7/h6H,4-5H2,1-3H3/q+1. The highest BCUT2D eigenvalue weighted by molar-refractivity contribution is 5.92. The fourth-order valence-electron chi connectivity index (χ4n) is 0.821. The Morgan fingerprint density at radius 1 is 1.60 bits per heavy atom. The molecular formula is C7H14N3+. The highest BCUT2D eigenvalue weighted by atomic mass is 15.4. The number of amidine groups is 1. The summed E-state index contributed by atoms with van der Waals surface area (Å²) in [6.45, 7) is 3.23. The molecule has 1 rings (SSSR count). The quantitative estimate of drug-likeness (QED) is 0.483. The van der Waals surface area contributed by atoms with Crippen LogP contribution in [0.5, 0.6) is 0 Å². The molecule has 0 aromatic carbocycles. The van der Waals surface area contributed by atoms with Gasteiger partial charge in [-0.15, -0.1) is 0 Å². The van der Waals surface area contributed by atoms with E-state index in [1.807, 2.05) is 6.21 Å². The Morgan fingerprint density at radius 2 is 2.30 bits per heavy atom. The molecule has 3 heteroatoms. The number of quaternary nitrogens is 1. The van der Waals surface area contributed by atoms with Crippen molar-refractivity contribution in [1.82, 2.24) is 0 Å². The van der Waals surface area contributed by atoms with Crippen molar-refractivity contribution < 1.29 is 4.48 Å². The average molecular weight is 140 g/mol. The molecule has 0 saturated carbocycles. The van der Waals surface area contributed by atoms with Crippen LogP contribution in [0.3, 0.4) is 0 Å². The van der Waals surface area contributed by atoms with Gasteiger partial charge in [-0.25, -0.2) is 0 Å². The summed E-state index contributed by atoms with van der Waals surface area (Å²) in [4.78, 5) is 0. The van der Waals surface area contributed by atoms with Crippen molar-refractivity contribution in [3.63, 3.8) is 0 Å². The lowest BCUT2D eigenvalue weighted by molar-refractivity contribution is -0.798. The minimum Gasteiger partial charge on any atom is -0.282 e. The van der Waals surface area contributed by atoms with E-state index in [1.165, 1.54) is 0 Å². The lowest BCUT2D eigenvalue weighted by atomic mass is 10.3. The summed E-state index contributed by atoms with van der Waals surface area (Å²) in [6, 6.07) is 0. The average Bonchev–Trinajstić information content (AvgIpc) is 2.38. The van der Waals surface area contributed by atoms with E-state index in [1.54, 1.807) is 0 Å². The van der Waals surface area contributed by atoms with Crippen LogP contribution in [0.4, 0.5) is 0 Å². The molecule has 0 aromatic rings. The van der Waals surface area contributed by atoms with Gasteiger partial charge in [0.2, 0.25) is 5.84 Å². The predicted molar refractivity (Wildman–Crippen MR) is 43.2 cm³/mol. The van der Waals surface area contributed by atoms with Crippen LogP contribution in [-0.4, -0.2) is 37.2 Å². The van der Waals surface area contributed by atoms with Gasteiger partial charge in [-0.2, -0.15) is 5.10 Å². The first-order chi connectivity index (χ1) is 4.67. The molecule has 0 bridgehead atoms. The molecule has 0 unspecified atom stereocenters. The van der Waals surface area contributed by atoms with Gasteiger partial charge in [-0.05, 0) is 6.92 Å². The summed E-state index contributed by atoms with van der Waals surface area (Å²) in [7, 11) is 4.29. The molecule has 1 aliphatic rings. The topological polar surface area (TPSA) is 24.7 Å². The second kappa shape index (κ2) is 2.50. The van der Waals surface area contributed by atoms with Crippen molar-refractivity contribution in [3.8, 4) is 0 Å². The van der Waals surface area contributed by atoms with Crippen molar-refractivity contribution in [2.24, 2.45) is 10.2 Å². The zero-order valence-corrected chi connectivity index (χ0v) is 6.83. The van der Waals surface area contributed by atoms with E-state index >= 15 is 0 Å². The SMILES string of the molecule is CC[N+](C)(C)C1=NN=CC1. The number of hydrogen-bond acceptors (Lipinski definition) is 2. The van der Waals surface area contributed by atoms with Gasteiger partial charge in [0.05, 0.1) is 27.1 Å². The minimum atomic E-state index is 0.861. The molecule has 3 nitrogen and oxygen atoms in total. The van der Waals surface area contributed by atoms with Crippen molar-refractivity contribution in [2.45, 2.75) is 13.3 Å². The van der Waals surface area contributed by atoms with E-state index in [0.717, 1.165) is 23.3 Å². The fourth-order valence-corrected chi connectivity index (χ4v) is 0.821. The van der Waals surface area contributed by atoms with Gasteiger partial charge in [-0.3, -0.25) is 4.48 Å². The lowest BCUT2D eigenvalue weighted by Crippen LogP contribution is -2.44. The summed E-state index contributed by atoms with van der Waals surface area (Å²) in [5.41, 5.74) is 0. The van der Waals surface area contributed by atoms with Gasteiger partial charge in [0.15, 0.2) is 0 Å². The Morgan fingerprint density at radius 3 is 2.70 bits per heavy atom. The molecule has 1 aliphatic heterocycles. The lowest BCUT2D eigenvalue weighted by Gasteiger charge is -2.25. The van der Waals surface area contributed by atoms with Crippen molar-refractivity contribution in [3.05, 3.63) is 0 Å². The second-order valence-corrected chi connectivity index (χ2v) is 3.02. The van der Waals surface area contributed by atoms with Crippen molar-refractivity contribution in [2.75, 3.05) is 20.6 Å². The van der Waals surface area contributed by atoms with Crippen LogP contribution in [0.2, 0.25) is 0 Å². The number of hydrogen-bond donors (Lipinski definition) is 0. The monoisotopic (exact) mass is 140 g/mol. The number of rotatable bonds is 1. The maximum Gasteiger partial charge on any atom is 0.227 e. The first-order valence-corrected chi connectivity index (χ1v) is 3.58. The summed E-state index contributed by atoms with van der Waals surface area (Å²) in [6.07, 6.45) is 2.77. The molecule has 0 spiro atoms. The smallest absolute Gasteiger partial charge is 0.227 e. The molecule has 0 saturated heterocycles. The zero-order valence-electron chi connectivity index (χ0n) is 6.83. The van der Waals surface area contributed by atoms with Gasteiger partial charge in [-0.1, -0.05) is 5.10 Å². The molecule has 0 fully saturated rings. The molecule has 0 atom stereocenters. The molecule has 0 radical (unpaired) electrons. The second-order valence-electron chi connectivity index (χ2n) is 3.02. The van der Waals surface area contributed by atoms with Gasteiger partial charge in [0.25, 0.3) is 0 Å². The normalized spacial score (nSPS) is 17.7. The van der Waals surface area contributed by atoms with Gasteiger partial charge >= 0.3 is 0 Å². The highest BCUT2D eigenvalue weighted by Crippen LogP contribution is 2.06. The molecule has 0 N–H and O–H groups in total. The number of nitrogens with zero attached hydrogens (tertiary/aromatic N) is 3. The predicted octanol–water partition coefficient (Wildman–Crippen LogP) is 0.871. The van der Waals surface area contributed by atoms with Crippen molar-refractivity contribution in [1.29, 1.82) is 0 Å². The van der Waals surface area contributed by atoms with Crippen LogP contribution in [0.1, 0.15) is 13.3 Å². The van der Waals surface area contributed by atoms with Crippen LogP contribution in [0, 0.1) is 0 Å². The van der Waals surface area contributed by atoms with E-state index < -0.39 is 0 Å². The Kier molecular flexibility index (Phi) is 1.85. The molecule has 1 heterocycles. The van der Waals surface area contributed by atoms with E-state index in [-0.39, 0.29) is 0 Å². The van der Waals surface area contributed by atoms with E-state index in [4.69, 9.17) is 0 Å².